The van der Waals surface area contributed by atoms with E-state index in [0.29, 0.717) is 11.2 Å². The molecule has 0 saturated carbocycles. The number of nitrogens with one attached hydrogen (secondary N) is 2. The molecule has 2 heterocycles. The first kappa shape index (κ1) is 10.6. The number of pyridine rings is 1. The molecule has 0 radical (unpaired) electrons. The highest BCUT2D eigenvalue weighted by molar-refractivity contribution is 5.96. The Morgan fingerprint density at radius 3 is 2.81 bits per heavy atom. The van der Waals surface area contributed by atoms with E-state index in [1.54, 1.807) is 12.4 Å². The highest BCUT2D eigenvalue weighted by Crippen LogP contribution is 2.09. The van der Waals surface area contributed by atoms with Crippen molar-refractivity contribution in [2.24, 2.45) is 0 Å². The number of carbonyl (C=O) groups is 1. The summed E-state index contributed by atoms with van der Waals surface area (Å²) < 4.78 is 0. The zero-order valence-electron chi connectivity index (χ0n) is 9.53. The van der Waals surface area contributed by atoms with E-state index in [1.807, 2.05) is 20.8 Å². The Morgan fingerprint density at radius 2 is 2.12 bits per heavy atom. The van der Waals surface area contributed by atoms with Crippen LogP contribution in [0.25, 0.3) is 11.2 Å². The van der Waals surface area contributed by atoms with Crippen molar-refractivity contribution in [3.63, 3.8) is 0 Å². The number of nitrogens with zero attached hydrogens (tertiary/aromatic N) is 2. The molecule has 0 aliphatic carbocycles. The van der Waals surface area contributed by atoms with Gasteiger partial charge in [0.25, 0.3) is 5.91 Å². The Bertz CT molecular complexity index is 524. The van der Waals surface area contributed by atoms with Crippen LogP contribution in [0.15, 0.2) is 18.6 Å². The van der Waals surface area contributed by atoms with Gasteiger partial charge in [0.1, 0.15) is 0 Å². The van der Waals surface area contributed by atoms with Crippen LogP contribution < -0.4 is 5.32 Å². The third kappa shape index (κ3) is 2.18. The molecule has 5 nitrogen and oxygen atoms in total. The second kappa shape index (κ2) is 3.59. The first-order valence-corrected chi connectivity index (χ1v) is 5.07. The number of hydrogen-bond acceptors (Lipinski definition) is 3. The van der Waals surface area contributed by atoms with Crippen molar-refractivity contribution in [2.75, 3.05) is 0 Å². The number of aromatic nitrogens is 3. The fourth-order valence-corrected chi connectivity index (χ4v) is 1.37. The van der Waals surface area contributed by atoms with Gasteiger partial charge in [0.05, 0.1) is 17.4 Å². The van der Waals surface area contributed by atoms with Gasteiger partial charge in [0.15, 0.2) is 5.65 Å². The number of fused-ring (bicyclic) bond motifs is 1. The number of hydrogen-bond donors (Lipinski definition) is 2. The van der Waals surface area contributed by atoms with E-state index in [-0.39, 0.29) is 11.4 Å². The molecule has 0 atom stereocenters. The number of aromatic amines is 1. The molecule has 84 valence electrons. The first-order valence-electron chi connectivity index (χ1n) is 5.07. The molecule has 0 aromatic carbocycles. The van der Waals surface area contributed by atoms with Gasteiger partial charge in [-0.3, -0.25) is 4.79 Å². The standard InChI is InChI=1S/C11H14N4O/c1-11(2,3)15-10(16)7-4-8-9(12-5-7)14-6-13-8/h4-6H,1-3H3,(H,15,16)(H,12,13,14). The van der Waals surface area contributed by atoms with Gasteiger partial charge in [-0.1, -0.05) is 0 Å². The van der Waals surface area contributed by atoms with Crippen molar-refractivity contribution in [2.45, 2.75) is 26.3 Å². The van der Waals surface area contributed by atoms with Crippen molar-refractivity contribution in [3.05, 3.63) is 24.2 Å². The Morgan fingerprint density at radius 1 is 1.38 bits per heavy atom. The second-order valence-electron chi connectivity index (χ2n) is 4.70. The Hall–Kier alpha value is -1.91. The molecule has 2 aromatic heterocycles. The van der Waals surface area contributed by atoms with E-state index in [9.17, 15) is 4.79 Å². The lowest BCUT2D eigenvalue weighted by molar-refractivity contribution is 0.0919. The van der Waals surface area contributed by atoms with Crippen LogP contribution in [-0.2, 0) is 0 Å². The summed E-state index contributed by atoms with van der Waals surface area (Å²) in [4.78, 5) is 22.8. The Labute approximate surface area is 93.3 Å². The smallest absolute Gasteiger partial charge is 0.253 e. The minimum Gasteiger partial charge on any atom is -0.347 e. The van der Waals surface area contributed by atoms with Crippen LogP contribution in [0.5, 0.6) is 0 Å². The van der Waals surface area contributed by atoms with Gasteiger partial charge in [0, 0.05) is 11.7 Å². The number of amides is 1. The van der Waals surface area contributed by atoms with Crippen LogP contribution in [0.2, 0.25) is 0 Å². The summed E-state index contributed by atoms with van der Waals surface area (Å²) in [6.07, 6.45) is 3.09. The fraction of sp³-hybridized carbons (Fsp3) is 0.364. The molecular weight excluding hydrogens is 204 g/mol. The van der Waals surface area contributed by atoms with Crippen molar-refractivity contribution >= 4 is 17.1 Å². The molecule has 0 aliphatic heterocycles. The van der Waals surface area contributed by atoms with E-state index < -0.39 is 0 Å². The summed E-state index contributed by atoms with van der Waals surface area (Å²) in [7, 11) is 0. The van der Waals surface area contributed by atoms with Crippen molar-refractivity contribution in [3.8, 4) is 0 Å². The van der Waals surface area contributed by atoms with Crippen molar-refractivity contribution < 1.29 is 4.79 Å². The Kier molecular flexibility index (Phi) is 2.38. The molecule has 2 rings (SSSR count). The van der Waals surface area contributed by atoms with Crippen molar-refractivity contribution in [1.82, 2.24) is 20.3 Å². The average Bonchev–Trinajstić information content (AvgIpc) is 2.61. The molecule has 2 N–H and O–H groups in total. The summed E-state index contributed by atoms with van der Waals surface area (Å²) in [5.74, 6) is -0.128. The van der Waals surface area contributed by atoms with Crippen LogP contribution in [0, 0.1) is 0 Å². The van der Waals surface area contributed by atoms with Crippen LogP contribution in [0.4, 0.5) is 0 Å². The van der Waals surface area contributed by atoms with Crippen LogP contribution in [0.1, 0.15) is 31.1 Å². The van der Waals surface area contributed by atoms with Crippen molar-refractivity contribution in [1.29, 1.82) is 0 Å². The summed E-state index contributed by atoms with van der Waals surface area (Å²) in [5.41, 5.74) is 1.67. The van der Waals surface area contributed by atoms with Gasteiger partial charge in [-0.2, -0.15) is 0 Å². The van der Waals surface area contributed by atoms with Gasteiger partial charge in [-0.25, -0.2) is 9.97 Å². The first-order chi connectivity index (χ1) is 7.46. The second-order valence-corrected chi connectivity index (χ2v) is 4.70. The fourth-order valence-electron chi connectivity index (χ4n) is 1.37. The minimum atomic E-state index is -0.250. The molecule has 1 amide bonds. The maximum Gasteiger partial charge on any atom is 0.253 e. The molecule has 5 heteroatoms. The molecule has 0 aliphatic rings. The maximum absolute atomic E-state index is 11.8. The molecule has 0 bridgehead atoms. The van der Waals surface area contributed by atoms with Gasteiger partial charge < -0.3 is 10.3 Å². The lowest BCUT2D eigenvalue weighted by Crippen LogP contribution is -2.40. The van der Waals surface area contributed by atoms with Gasteiger partial charge in [0.2, 0.25) is 0 Å². The zero-order chi connectivity index (χ0) is 11.8. The summed E-state index contributed by atoms with van der Waals surface area (Å²) in [5, 5.41) is 2.88. The van der Waals surface area contributed by atoms with Crippen LogP contribution in [-0.4, -0.2) is 26.4 Å². The monoisotopic (exact) mass is 218 g/mol. The molecular formula is C11H14N4O. The average molecular weight is 218 g/mol. The van der Waals surface area contributed by atoms with E-state index in [4.69, 9.17) is 0 Å². The topological polar surface area (TPSA) is 70.7 Å². The highest BCUT2D eigenvalue weighted by atomic mass is 16.1. The summed E-state index contributed by atoms with van der Waals surface area (Å²) >= 11 is 0. The molecule has 0 spiro atoms. The third-order valence-electron chi connectivity index (χ3n) is 2.02. The van der Waals surface area contributed by atoms with E-state index >= 15 is 0 Å². The number of imidazole rings is 1. The predicted octanol–water partition coefficient (Wildman–Crippen LogP) is 1.49. The van der Waals surface area contributed by atoms with E-state index in [0.717, 1.165) is 5.52 Å². The Balaban J connectivity index is 2.29. The minimum absolute atomic E-state index is 0.128. The molecule has 0 unspecified atom stereocenters. The largest absolute Gasteiger partial charge is 0.347 e. The van der Waals surface area contributed by atoms with Gasteiger partial charge >= 0.3 is 0 Å². The molecule has 16 heavy (non-hydrogen) atoms. The highest BCUT2D eigenvalue weighted by Gasteiger charge is 2.15. The number of rotatable bonds is 1. The van der Waals surface area contributed by atoms with Crippen LogP contribution >= 0.6 is 0 Å². The lowest BCUT2D eigenvalue weighted by atomic mass is 10.1. The van der Waals surface area contributed by atoms with Gasteiger partial charge in [-0.15, -0.1) is 0 Å². The molecule has 0 fully saturated rings. The summed E-state index contributed by atoms with van der Waals surface area (Å²) in [6, 6.07) is 1.75. The third-order valence-corrected chi connectivity index (χ3v) is 2.02. The normalized spacial score (nSPS) is 11.7. The maximum atomic E-state index is 11.8. The number of H-pyrrole nitrogens is 1. The van der Waals surface area contributed by atoms with E-state index in [1.165, 1.54) is 6.20 Å². The molecule has 0 saturated heterocycles. The molecule has 2 aromatic rings. The lowest BCUT2D eigenvalue weighted by Gasteiger charge is -2.20. The van der Waals surface area contributed by atoms with Crippen LogP contribution in [0.3, 0.4) is 0 Å². The quantitative estimate of drug-likeness (QED) is 0.761. The predicted molar refractivity (Wildman–Crippen MR) is 61.1 cm³/mol. The zero-order valence-corrected chi connectivity index (χ0v) is 9.53. The number of carbonyl (C=O) groups excluding carboxylic acids is 1. The van der Waals surface area contributed by atoms with Gasteiger partial charge in [-0.05, 0) is 26.8 Å². The SMILES string of the molecule is CC(C)(C)NC(=O)c1cnc2nc[nH]c2c1. The summed E-state index contributed by atoms with van der Waals surface area (Å²) in [6.45, 7) is 5.81. The van der Waals surface area contributed by atoms with E-state index in [2.05, 4.69) is 20.3 Å².